The van der Waals surface area contributed by atoms with Crippen molar-refractivity contribution in [1.29, 1.82) is 5.26 Å². The third-order valence-electron chi connectivity index (χ3n) is 2.73. The van der Waals surface area contributed by atoms with Gasteiger partial charge in [0.25, 0.3) is 0 Å². The van der Waals surface area contributed by atoms with Gasteiger partial charge in [-0.3, -0.25) is 4.68 Å². The lowest BCUT2D eigenvalue weighted by Crippen LogP contribution is -2.08. The summed E-state index contributed by atoms with van der Waals surface area (Å²) in [6.45, 7) is 0.519. The van der Waals surface area contributed by atoms with Crippen LogP contribution in [-0.2, 0) is 13.5 Å². The number of halogens is 1. The van der Waals surface area contributed by atoms with Crippen LogP contribution in [0, 0.1) is 14.9 Å². The van der Waals surface area contributed by atoms with Crippen LogP contribution in [0.4, 0.5) is 5.69 Å². The first-order valence-electron chi connectivity index (χ1n) is 5.70. The zero-order chi connectivity index (χ0) is 13.8. The molecule has 0 spiro atoms. The van der Waals surface area contributed by atoms with Gasteiger partial charge in [0.1, 0.15) is 0 Å². The molecule has 2 N–H and O–H groups in total. The van der Waals surface area contributed by atoms with Gasteiger partial charge in [0.2, 0.25) is 0 Å². The number of anilines is 1. The van der Waals surface area contributed by atoms with E-state index in [1.54, 1.807) is 18.3 Å². The van der Waals surface area contributed by atoms with Crippen molar-refractivity contribution in [2.45, 2.75) is 6.42 Å². The van der Waals surface area contributed by atoms with E-state index in [9.17, 15) is 0 Å². The van der Waals surface area contributed by atoms with Crippen LogP contribution in [0.25, 0.3) is 0 Å². The molecule has 19 heavy (non-hydrogen) atoms. The summed E-state index contributed by atoms with van der Waals surface area (Å²) in [7, 11) is 1.90. The van der Waals surface area contributed by atoms with Crippen molar-refractivity contribution in [1.82, 2.24) is 9.78 Å². The van der Waals surface area contributed by atoms with Crippen molar-refractivity contribution in [2.24, 2.45) is 7.05 Å². The van der Waals surface area contributed by atoms with Crippen LogP contribution in [0.15, 0.2) is 24.4 Å². The van der Waals surface area contributed by atoms with Crippen LogP contribution in [-0.4, -0.2) is 16.4 Å². The summed E-state index contributed by atoms with van der Waals surface area (Å²) in [5, 5.41) is 12.9. The molecule has 0 fully saturated rings. The van der Waals surface area contributed by atoms with E-state index in [1.165, 1.54) is 0 Å². The molecule has 0 saturated heterocycles. The molecule has 6 heteroatoms. The Hall–Kier alpha value is -1.75. The Labute approximate surface area is 125 Å². The SMILES string of the molecule is Cn1nccc1CCOc1c(N)cc(C#N)cc1I. The van der Waals surface area contributed by atoms with Gasteiger partial charge in [-0.05, 0) is 40.8 Å². The summed E-state index contributed by atoms with van der Waals surface area (Å²) in [4.78, 5) is 0. The third-order valence-corrected chi connectivity index (χ3v) is 3.53. The molecule has 2 aromatic rings. The van der Waals surface area contributed by atoms with E-state index < -0.39 is 0 Å². The zero-order valence-corrected chi connectivity index (χ0v) is 12.6. The van der Waals surface area contributed by atoms with Gasteiger partial charge in [-0.25, -0.2) is 0 Å². The van der Waals surface area contributed by atoms with E-state index >= 15 is 0 Å². The number of nitriles is 1. The molecule has 2 rings (SSSR count). The van der Waals surface area contributed by atoms with Gasteiger partial charge in [0.15, 0.2) is 5.75 Å². The average Bonchev–Trinajstić information content (AvgIpc) is 2.78. The van der Waals surface area contributed by atoms with Crippen LogP contribution in [0.5, 0.6) is 5.75 Å². The third kappa shape index (κ3) is 3.17. The van der Waals surface area contributed by atoms with E-state index in [-0.39, 0.29) is 0 Å². The fourth-order valence-electron chi connectivity index (χ4n) is 1.74. The normalized spacial score (nSPS) is 10.2. The van der Waals surface area contributed by atoms with E-state index in [1.807, 2.05) is 17.8 Å². The highest BCUT2D eigenvalue weighted by molar-refractivity contribution is 14.1. The number of benzene rings is 1. The molecule has 0 aliphatic rings. The molecule has 0 radical (unpaired) electrons. The minimum atomic E-state index is 0.494. The smallest absolute Gasteiger partial charge is 0.155 e. The molecule has 98 valence electrons. The van der Waals surface area contributed by atoms with Crippen LogP contribution in [0.3, 0.4) is 0 Å². The highest BCUT2D eigenvalue weighted by Gasteiger charge is 2.09. The Morgan fingerprint density at radius 2 is 2.32 bits per heavy atom. The van der Waals surface area contributed by atoms with Crippen molar-refractivity contribution in [3.63, 3.8) is 0 Å². The molecule has 1 heterocycles. The summed E-state index contributed by atoms with van der Waals surface area (Å²) in [5.74, 6) is 0.641. The number of nitrogen functional groups attached to an aromatic ring is 1. The summed E-state index contributed by atoms with van der Waals surface area (Å²) in [6, 6.07) is 7.41. The predicted octanol–water partition coefficient (Wildman–Crippen LogP) is 2.10. The quantitative estimate of drug-likeness (QED) is 0.663. The number of nitrogens with two attached hydrogens (primary N) is 1. The topological polar surface area (TPSA) is 76.9 Å². The summed E-state index contributed by atoms with van der Waals surface area (Å²) in [5.41, 5.74) is 8.02. The number of aryl methyl sites for hydroxylation is 1. The summed E-state index contributed by atoms with van der Waals surface area (Å²) < 4.78 is 8.37. The molecule has 0 saturated carbocycles. The number of aromatic nitrogens is 2. The molecular weight excluding hydrogens is 355 g/mol. The minimum Gasteiger partial charge on any atom is -0.490 e. The fourth-order valence-corrected chi connectivity index (χ4v) is 2.54. The molecule has 0 aliphatic carbocycles. The minimum absolute atomic E-state index is 0.494. The second-order valence-corrected chi connectivity index (χ2v) is 5.20. The van der Waals surface area contributed by atoms with Crippen LogP contribution < -0.4 is 10.5 Å². The molecular formula is C13H13IN4O. The molecule has 0 bridgehead atoms. The number of rotatable bonds is 4. The maximum absolute atomic E-state index is 8.85. The fraction of sp³-hybridized carbons (Fsp3) is 0.231. The lowest BCUT2D eigenvalue weighted by Gasteiger charge is -2.11. The lowest BCUT2D eigenvalue weighted by molar-refractivity contribution is 0.318. The Morgan fingerprint density at radius 1 is 1.53 bits per heavy atom. The number of hydrogen-bond donors (Lipinski definition) is 1. The van der Waals surface area contributed by atoms with E-state index in [0.29, 0.717) is 23.6 Å². The predicted molar refractivity (Wildman–Crippen MR) is 80.7 cm³/mol. The Balaban J connectivity index is 2.04. The summed E-state index contributed by atoms with van der Waals surface area (Å²) in [6.07, 6.45) is 2.52. The Bertz CT molecular complexity index is 607. The highest BCUT2D eigenvalue weighted by Crippen LogP contribution is 2.29. The van der Waals surface area contributed by atoms with Crippen molar-refractivity contribution in [2.75, 3.05) is 12.3 Å². The number of ether oxygens (including phenoxy) is 1. The van der Waals surface area contributed by atoms with Crippen molar-refractivity contribution >= 4 is 28.3 Å². The molecule has 5 nitrogen and oxygen atoms in total. The van der Waals surface area contributed by atoms with Gasteiger partial charge in [-0.15, -0.1) is 0 Å². The molecule has 0 unspecified atom stereocenters. The first-order valence-corrected chi connectivity index (χ1v) is 6.78. The molecule has 0 aliphatic heterocycles. The van der Waals surface area contributed by atoms with Crippen LogP contribution >= 0.6 is 22.6 Å². The standard InChI is InChI=1S/C13H13IN4O/c1-18-10(2-4-17-18)3-5-19-13-11(14)6-9(8-15)7-12(13)16/h2,4,6-7H,3,5,16H2,1H3. The Kier molecular flexibility index (Phi) is 4.27. The van der Waals surface area contributed by atoms with Gasteiger partial charge in [0.05, 0.1) is 27.5 Å². The van der Waals surface area contributed by atoms with Gasteiger partial charge >= 0.3 is 0 Å². The second-order valence-electron chi connectivity index (χ2n) is 4.03. The maximum atomic E-state index is 8.85. The van der Waals surface area contributed by atoms with Crippen molar-refractivity contribution in [3.05, 3.63) is 39.2 Å². The van der Waals surface area contributed by atoms with Gasteiger partial charge in [-0.1, -0.05) is 0 Å². The van der Waals surface area contributed by atoms with E-state index in [0.717, 1.165) is 15.7 Å². The first-order chi connectivity index (χ1) is 9.11. The number of nitrogens with zero attached hydrogens (tertiary/aromatic N) is 3. The molecule has 1 aromatic carbocycles. The van der Waals surface area contributed by atoms with Gasteiger partial charge in [-0.2, -0.15) is 10.4 Å². The van der Waals surface area contributed by atoms with Gasteiger partial charge < -0.3 is 10.5 Å². The Morgan fingerprint density at radius 3 is 2.89 bits per heavy atom. The highest BCUT2D eigenvalue weighted by atomic mass is 127. The lowest BCUT2D eigenvalue weighted by atomic mass is 10.2. The molecule has 0 amide bonds. The van der Waals surface area contributed by atoms with Crippen LogP contribution in [0.2, 0.25) is 0 Å². The molecule has 1 aromatic heterocycles. The van der Waals surface area contributed by atoms with Crippen molar-refractivity contribution < 1.29 is 4.74 Å². The molecule has 0 atom stereocenters. The zero-order valence-electron chi connectivity index (χ0n) is 10.4. The largest absolute Gasteiger partial charge is 0.490 e. The monoisotopic (exact) mass is 368 g/mol. The first kappa shape index (κ1) is 13.7. The second kappa shape index (κ2) is 5.93. The van der Waals surface area contributed by atoms with Crippen LogP contribution in [0.1, 0.15) is 11.3 Å². The van der Waals surface area contributed by atoms with E-state index in [2.05, 4.69) is 33.8 Å². The maximum Gasteiger partial charge on any atom is 0.155 e. The van der Waals surface area contributed by atoms with Gasteiger partial charge in [0, 0.05) is 25.4 Å². The summed E-state index contributed by atoms with van der Waals surface area (Å²) >= 11 is 2.12. The number of hydrogen-bond acceptors (Lipinski definition) is 4. The average molecular weight is 368 g/mol. The van der Waals surface area contributed by atoms with Crippen molar-refractivity contribution in [3.8, 4) is 11.8 Å². The van der Waals surface area contributed by atoms with E-state index in [4.69, 9.17) is 15.7 Å².